The fraction of sp³-hybridized carbons (Fsp3) is 1.00. The molecule has 0 aromatic heterocycles. The molecule has 5 nitrogen and oxygen atoms in total. The molecule has 1 heterocycles. The van der Waals surface area contributed by atoms with Gasteiger partial charge in [-0.25, -0.2) is 0 Å². The van der Waals surface area contributed by atoms with Crippen LogP contribution in [0.15, 0.2) is 0 Å². The maximum absolute atomic E-state index is 10.0. The Morgan fingerprint density at radius 3 is 2.82 bits per heavy atom. The Kier molecular flexibility index (Phi) is 5.82. The molecular formula is C12H25NO4. The van der Waals surface area contributed by atoms with Crippen LogP contribution < -0.4 is 0 Å². The molecule has 0 aromatic carbocycles. The lowest BCUT2D eigenvalue weighted by molar-refractivity contribution is -0.0891. The van der Waals surface area contributed by atoms with E-state index in [1.165, 1.54) is 0 Å². The van der Waals surface area contributed by atoms with Crippen molar-refractivity contribution < 1.29 is 19.7 Å². The number of nitrogens with zero attached hydrogens (tertiary/aromatic N) is 1. The summed E-state index contributed by atoms with van der Waals surface area (Å²) in [6.45, 7) is 6.68. The molecule has 0 radical (unpaired) electrons. The van der Waals surface area contributed by atoms with Crippen molar-refractivity contribution in [3.05, 3.63) is 0 Å². The largest absolute Gasteiger partial charge is 0.395 e. The molecule has 0 aromatic rings. The lowest BCUT2D eigenvalue weighted by Gasteiger charge is -2.36. The van der Waals surface area contributed by atoms with Gasteiger partial charge in [0.1, 0.15) is 0 Å². The molecule has 17 heavy (non-hydrogen) atoms. The van der Waals surface area contributed by atoms with Crippen LogP contribution in [0.1, 0.15) is 20.3 Å². The lowest BCUT2D eigenvalue weighted by Crippen LogP contribution is -2.49. The Hall–Kier alpha value is -0.200. The summed E-state index contributed by atoms with van der Waals surface area (Å²) in [5.74, 6) is 0. The molecule has 1 fully saturated rings. The van der Waals surface area contributed by atoms with Gasteiger partial charge in [-0.05, 0) is 20.3 Å². The number of rotatable bonds is 6. The van der Waals surface area contributed by atoms with Gasteiger partial charge in [-0.2, -0.15) is 0 Å². The maximum atomic E-state index is 10.0. The smallest absolute Gasteiger partial charge is 0.0880 e. The number of morpholine rings is 1. The second-order valence-electron chi connectivity index (χ2n) is 5.06. The molecule has 2 N–H and O–H groups in total. The first-order valence-electron chi connectivity index (χ1n) is 6.17. The molecule has 0 saturated carbocycles. The van der Waals surface area contributed by atoms with E-state index in [0.717, 1.165) is 13.1 Å². The highest BCUT2D eigenvalue weighted by Gasteiger charge is 2.29. The summed E-state index contributed by atoms with van der Waals surface area (Å²) in [5.41, 5.74) is -0.527. The van der Waals surface area contributed by atoms with E-state index in [9.17, 15) is 10.2 Å². The molecule has 2 atom stereocenters. The van der Waals surface area contributed by atoms with Crippen LogP contribution in [0.25, 0.3) is 0 Å². The Labute approximate surface area is 103 Å². The third-order valence-corrected chi connectivity index (χ3v) is 3.58. The Morgan fingerprint density at radius 1 is 1.53 bits per heavy atom. The molecule has 1 rings (SSSR count). The van der Waals surface area contributed by atoms with Gasteiger partial charge >= 0.3 is 0 Å². The third-order valence-electron chi connectivity index (χ3n) is 3.58. The zero-order chi connectivity index (χ0) is 12.9. The summed E-state index contributed by atoms with van der Waals surface area (Å²) in [6, 6.07) is 0.0570. The van der Waals surface area contributed by atoms with Crippen LogP contribution >= 0.6 is 0 Å². The first-order valence-corrected chi connectivity index (χ1v) is 6.17. The second-order valence-corrected chi connectivity index (χ2v) is 5.06. The van der Waals surface area contributed by atoms with Crippen LogP contribution in [0.2, 0.25) is 0 Å². The fourth-order valence-corrected chi connectivity index (χ4v) is 1.92. The number of hydrogen-bond donors (Lipinski definition) is 2. The van der Waals surface area contributed by atoms with Crippen molar-refractivity contribution in [3.8, 4) is 0 Å². The van der Waals surface area contributed by atoms with Gasteiger partial charge < -0.3 is 19.7 Å². The van der Waals surface area contributed by atoms with E-state index >= 15 is 0 Å². The van der Waals surface area contributed by atoms with Crippen LogP contribution in [-0.2, 0) is 9.47 Å². The minimum absolute atomic E-state index is 0.0570. The summed E-state index contributed by atoms with van der Waals surface area (Å²) in [4.78, 5) is 2.17. The molecule has 0 bridgehead atoms. The van der Waals surface area contributed by atoms with Gasteiger partial charge in [0.15, 0.2) is 0 Å². The van der Waals surface area contributed by atoms with Crippen LogP contribution in [0, 0.1) is 0 Å². The molecule has 1 saturated heterocycles. The van der Waals surface area contributed by atoms with E-state index in [1.807, 2.05) is 13.8 Å². The van der Waals surface area contributed by atoms with E-state index in [0.29, 0.717) is 19.6 Å². The van der Waals surface area contributed by atoms with Crippen molar-refractivity contribution in [2.24, 2.45) is 0 Å². The van der Waals surface area contributed by atoms with Gasteiger partial charge in [-0.3, -0.25) is 4.90 Å². The predicted octanol–water partition coefficient (Wildman–Crippen LogP) is -0.144. The lowest BCUT2D eigenvalue weighted by atomic mass is 9.98. The number of hydrogen-bond acceptors (Lipinski definition) is 5. The first kappa shape index (κ1) is 14.9. The van der Waals surface area contributed by atoms with Gasteiger partial charge in [-0.15, -0.1) is 0 Å². The summed E-state index contributed by atoms with van der Waals surface area (Å²) >= 11 is 0. The van der Waals surface area contributed by atoms with Crippen LogP contribution in [0.3, 0.4) is 0 Å². The molecule has 1 aliphatic rings. The molecule has 102 valence electrons. The van der Waals surface area contributed by atoms with Crippen molar-refractivity contribution in [1.82, 2.24) is 4.90 Å². The second kappa shape index (κ2) is 6.66. The standard InChI is InChI=1S/C12H25NO4/c1-12(2,16-3)11(15)4-5-13-6-7-17-9-10(13)8-14/h10-11,14-15H,4-9H2,1-3H3. The molecule has 0 amide bonds. The zero-order valence-electron chi connectivity index (χ0n) is 11.1. The first-order chi connectivity index (χ1) is 8.01. The summed E-state index contributed by atoms with van der Waals surface area (Å²) in [6.07, 6.45) is 0.131. The average Bonchev–Trinajstić information content (AvgIpc) is 2.36. The van der Waals surface area contributed by atoms with Gasteiger partial charge in [0, 0.05) is 20.2 Å². The van der Waals surface area contributed by atoms with Gasteiger partial charge in [0.2, 0.25) is 0 Å². The molecule has 5 heteroatoms. The SMILES string of the molecule is COC(C)(C)C(O)CCN1CCOCC1CO. The van der Waals surface area contributed by atoms with E-state index in [-0.39, 0.29) is 12.6 Å². The van der Waals surface area contributed by atoms with E-state index in [4.69, 9.17) is 9.47 Å². The minimum atomic E-state index is -0.527. The van der Waals surface area contributed by atoms with Crippen LogP contribution in [0.4, 0.5) is 0 Å². The monoisotopic (exact) mass is 247 g/mol. The highest BCUT2D eigenvalue weighted by atomic mass is 16.5. The van der Waals surface area contributed by atoms with Crippen LogP contribution in [0.5, 0.6) is 0 Å². The van der Waals surface area contributed by atoms with Crippen molar-refractivity contribution in [3.63, 3.8) is 0 Å². The summed E-state index contributed by atoms with van der Waals surface area (Å²) in [7, 11) is 1.61. The fourth-order valence-electron chi connectivity index (χ4n) is 1.92. The van der Waals surface area contributed by atoms with Gasteiger partial charge in [0.05, 0.1) is 37.6 Å². The normalized spacial score (nSPS) is 24.9. The van der Waals surface area contributed by atoms with Crippen LogP contribution in [-0.4, -0.2) is 72.9 Å². The zero-order valence-corrected chi connectivity index (χ0v) is 11.1. The summed E-state index contributed by atoms with van der Waals surface area (Å²) < 4.78 is 10.6. The van der Waals surface area contributed by atoms with E-state index < -0.39 is 11.7 Å². The minimum Gasteiger partial charge on any atom is -0.395 e. The average molecular weight is 247 g/mol. The number of methoxy groups -OCH3 is 1. The molecular weight excluding hydrogens is 222 g/mol. The van der Waals surface area contributed by atoms with Crippen molar-refractivity contribution in [2.45, 2.75) is 38.0 Å². The number of ether oxygens (including phenoxy) is 2. The summed E-state index contributed by atoms with van der Waals surface area (Å²) in [5, 5.41) is 19.2. The molecule has 1 aliphatic heterocycles. The number of aliphatic hydroxyl groups excluding tert-OH is 2. The number of aliphatic hydroxyl groups is 2. The van der Waals surface area contributed by atoms with Crippen molar-refractivity contribution >= 4 is 0 Å². The van der Waals surface area contributed by atoms with Gasteiger partial charge in [-0.1, -0.05) is 0 Å². The Balaban J connectivity index is 2.38. The van der Waals surface area contributed by atoms with Gasteiger partial charge in [0.25, 0.3) is 0 Å². The third kappa shape index (κ3) is 4.19. The highest BCUT2D eigenvalue weighted by Crippen LogP contribution is 2.18. The Bertz CT molecular complexity index is 223. The maximum Gasteiger partial charge on any atom is 0.0880 e. The Morgan fingerprint density at radius 2 is 2.24 bits per heavy atom. The van der Waals surface area contributed by atoms with Crippen molar-refractivity contribution in [2.75, 3.05) is 40.0 Å². The van der Waals surface area contributed by atoms with E-state index in [1.54, 1.807) is 7.11 Å². The molecule has 0 spiro atoms. The predicted molar refractivity (Wildman–Crippen MR) is 65.0 cm³/mol. The quantitative estimate of drug-likeness (QED) is 0.684. The topological polar surface area (TPSA) is 62.2 Å². The van der Waals surface area contributed by atoms with E-state index in [2.05, 4.69) is 4.90 Å². The molecule has 2 unspecified atom stereocenters. The molecule has 0 aliphatic carbocycles. The van der Waals surface area contributed by atoms with Crippen molar-refractivity contribution in [1.29, 1.82) is 0 Å². The highest BCUT2D eigenvalue weighted by molar-refractivity contribution is 4.81.